The van der Waals surface area contributed by atoms with Gasteiger partial charge in [-0.15, -0.1) is 0 Å². The van der Waals surface area contributed by atoms with Gasteiger partial charge in [0, 0.05) is 23.7 Å². The van der Waals surface area contributed by atoms with Crippen LogP contribution < -0.4 is 4.74 Å². The van der Waals surface area contributed by atoms with Crippen molar-refractivity contribution in [3.05, 3.63) is 92.6 Å². The summed E-state index contributed by atoms with van der Waals surface area (Å²) in [4.78, 5) is 2.77. The Bertz CT molecular complexity index is 1060. The molecule has 0 aliphatic carbocycles. The molecule has 2 aliphatic rings. The summed E-state index contributed by atoms with van der Waals surface area (Å²) < 4.78 is 5.53. The molecule has 2 bridgehead atoms. The third-order valence-electron chi connectivity index (χ3n) is 6.80. The van der Waals surface area contributed by atoms with Gasteiger partial charge < -0.3 is 4.74 Å². The molecular formula is C27H28ClNOS. The van der Waals surface area contributed by atoms with Gasteiger partial charge in [0.1, 0.15) is 5.75 Å². The van der Waals surface area contributed by atoms with Crippen molar-refractivity contribution in [2.75, 3.05) is 13.7 Å². The zero-order valence-electron chi connectivity index (χ0n) is 17.9. The van der Waals surface area contributed by atoms with Gasteiger partial charge in [0.05, 0.1) is 7.11 Å². The quantitative estimate of drug-likeness (QED) is 0.398. The third kappa shape index (κ3) is 4.45. The first-order chi connectivity index (χ1) is 15.2. The second-order valence-corrected chi connectivity index (χ2v) is 9.85. The molecule has 31 heavy (non-hydrogen) atoms. The summed E-state index contributed by atoms with van der Waals surface area (Å²) in [6, 6.07) is 20.4. The van der Waals surface area contributed by atoms with E-state index in [-0.39, 0.29) is 0 Å². The molecule has 0 amide bonds. The summed E-state index contributed by atoms with van der Waals surface area (Å²) >= 11 is 7.97. The zero-order valence-corrected chi connectivity index (χ0v) is 19.5. The number of thiophene rings is 1. The Labute approximate surface area is 194 Å². The SMILES string of the molecule is COc1cccc(C(=C2CC3CCC(C2)N3CCc2cccc(Cl)c2)c2ccsc2)c1. The van der Waals surface area contributed by atoms with Crippen LogP contribution in [0.5, 0.6) is 5.75 Å². The molecule has 2 aromatic carbocycles. The fraction of sp³-hybridized carbons (Fsp3) is 0.333. The molecule has 160 valence electrons. The molecule has 0 radical (unpaired) electrons. The number of piperidine rings is 1. The first-order valence-corrected chi connectivity index (χ1v) is 12.4. The minimum atomic E-state index is 0.646. The molecular weight excluding hydrogens is 422 g/mol. The van der Waals surface area contributed by atoms with E-state index in [1.807, 2.05) is 12.1 Å². The van der Waals surface area contributed by atoms with Crippen LogP contribution in [0.3, 0.4) is 0 Å². The highest BCUT2D eigenvalue weighted by Crippen LogP contribution is 2.43. The molecule has 1 aromatic heterocycles. The molecule has 5 rings (SSSR count). The number of ether oxygens (including phenoxy) is 1. The lowest BCUT2D eigenvalue weighted by atomic mass is 9.86. The predicted molar refractivity (Wildman–Crippen MR) is 131 cm³/mol. The molecule has 0 N–H and O–H groups in total. The standard InChI is InChI=1S/C27H28ClNOS/c1-30-26-7-3-5-20(17-26)27(21-11-13-31-18-21)22-15-24-8-9-25(16-22)29(24)12-10-19-4-2-6-23(28)14-19/h2-7,11,13-14,17-18,24-25H,8-10,12,15-16H2,1H3. The molecule has 0 saturated carbocycles. The maximum absolute atomic E-state index is 6.19. The summed E-state index contributed by atoms with van der Waals surface area (Å²) in [5, 5.41) is 5.31. The van der Waals surface area contributed by atoms with Crippen molar-refractivity contribution in [1.82, 2.24) is 4.90 Å². The fourth-order valence-electron chi connectivity index (χ4n) is 5.39. The Hall–Kier alpha value is -2.07. The maximum Gasteiger partial charge on any atom is 0.119 e. The van der Waals surface area contributed by atoms with Crippen molar-refractivity contribution in [1.29, 1.82) is 0 Å². The van der Waals surface area contributed by atoms with Crippen LogP contribution in [0.4, 0.5) is 0 Å². The minimum absolute atomic E-state index is 0.646. The number of nitrogens with zero attached hydrogens (tertiary/aromatic N) is 1. The Morgan fingerprint density at radius 2 is 1.84 bits per heavy atom. The Morgan fingerprint density at radius 1 is 1.03 bits per heavy atom. The van der Waals surface area contributed by atoms with Crippen molar-refractivity contribution in [3.63, 3.8) is 0 Å². The second kappa shape index (κ2) is 9.20. The third-order valence-corrected chi connectivity index (χ3v) is 7.72. The Balaban J connectivity index is 1.41. The van der Waals surface area contributed by atoms with E-state index in [2.05, 4.69) is 58.1 Å². The molecule has 2 fully saturated rings. The largest absolute Gasteiger partial charge is 0.497 e. The van der Waals surface area contributed by atoms with Gasteiger partial charge in [-0.25, -0.2) is 0 Å². The van der Waals surface area contributed by atoms with E-state index in [1.54, 1.807) is 24.0 Å². The van der Waals surface area contributed by atoms with E-state index in [9.17, 15) is 0 Å². The summed E-state index contributed by atoms with van der Waals surface area (Å²) in [7, 11) is 1.75. The van der Waals surface area contributed by atoms with E-state index in [0.717, 1.165) is 36.6 Å². The molecule has 3 aromatic rings. The van der Waals surface area contributed by atoms with Crippen LogP contribution in [0, 0.1) is 0 Å². The van der Waals surface area contributed by atoms with Gasteiger partial charge in [-0.3, -0.25) is 4.90 Å². The molecule has 3 heterocycles. The van der Waals surface area contributed by atoms with Crippen LogP contribution in [0.25, 0.3) is 5.57 Å². The lowest BCUT2D eigenvalue weighted by molar-refractivity contribution is 0.168. The van der Waals surface area contributed by atoms with Crippen LogP contribution in [-0.4, -0.2) is 30.6 Å². The van der Waals surface area contributed by atoms with E-state index in [0.29, 0.717) is 12.1 Å². The number of halogens is 1. The number of benzene rings is 2. The van der Waals surface area contributed by atoms with Crippen molar-refractivity contribution >= 4 is 28.5 Å². The lowest BCUT2D eigenvalue weighted by Gasteiger charge is -2.37. The van der Waals surface area contributed by atoms with Crippen LogP contribution >= 0.6 is 22.9 Å². The van der Waals surface area contributed by atoms with Gasteiger partial charge in [-0.05, 0) is 95.5 Å². The van der Waals surface area contributed by atoms with E-state index >= 15 is 0 Å². The normalized spacial score (nSPS) is 20.8. The number of methoxy groups -OCH3 is 1. The monoisotopic (exact) mass is 449 g/mol. The zero-order chi connectivity index (χ0) is 21.2. The highest BCUT2D eigenvalue weighted by Gasteiger charge is 2.39. The Kier molecular flexibility index (Phi) is 6.17. The smallest absolute Gasteiger partial charge is 0.119 e. The lowest BCUT2D eigenvalue weighted by Crippen LogP contribution is -2.41. The first-order valence-electron chi connectivity index (χ1n) is 11.1. The van der Waals surface area contributed by atoms with Crippen LogP contribution in [-0.2, 0) is 6.42 Å². The van der Waals surface area contributed by atoms with Crippen molar-refractivity contribution < 1.29 is 4.74 Å². The molecule has 4 heteroatoms. The van der Waals surface area contributed by atoms with Crippen LogP contribution in [0.2, 0.25) is 5.02 Å². The van der Waals surface area contributed by atoms with Crippen molar-refractivity contribution in [2.45, 2.75) is 44.2 Å². The molecule has 2 saturated heterocycles. The van der Waals surface area contributed by atoms with Gasteiger partial charge in [0.15, 0.2) is 0 Å². The average Bonchev–Trinajstić information content (AvgIpc) is 3.39. The van der Waals surface area contributed by atoms with E-state index < -0.39 is 0 Å². The fourth-order valence-corrected chi connectivity index (χ4v) is 6.25. The van der Waals surface area contributed by atoms with Crippen LogP contribution in [0.15, 0.2) is 70.9 Å². The highest BCUT2D eigenvalue weighted by molar-refractivity contribution is 7.08. The minimum Gasteiger partial charge on any atom is -0.497 e. The molecule has 2 atom stereocenters. The maximum atomic E-state index is 6.19. The first kappa shape index (κ1) is 20.8. The van der Waals surface area contributed by atoms with E-state index in [4.69, 9.17) is 16.3 Å². The highest BCUT2D eigenvalue weighted by atomic mass is 35.5. The van der Waals surface area contributed by atoms with Gasteiger partial charge in [0.2, 0.25) is 0 Å². The molecule has 0 spiro atoms. The summed E-state index contributed by atoms with van der Waals surface area (Å²) in [6.07, 6.45) is 6.00. The van der Waals surface area contributed by atoms with Crippen molar-refractivity contribution in [2.24, 2.45) is 0 Å². The number of hydrogen-bond donors (Lipinski definition) is 0. The molecule has 2 aliphatic heterocycles. The summed E-state index contributed by atoms with van der Waals surface area (Å²) in [5.74, 6) is 0.924. The van der Waals surface area contributed by atoms with Gasteiger partial charge >= 0.3 is 0 Å². The van der Waals surface area contributed by atoms with Crippen LogP contribution in [0.1, 0.15) is 42.4 Å². The second-order valence-electron chi connectivity index (χ2n) is 8.63. The topological polar surface area (TPSA) is 12.5 Å². The predicted octanol–water partition coefficient (Wildman–Crippen LogP) is 7.08. The van der Waals surface area contributed by atoms with E-state index in [1.165, 1.54) is 35.1 Å². The molecule has 2 unspecified atom stereocenters. The molecule has 2 nitrogen and oxygen atoms in total. The number of fused-ring (bicyclic) bond motifs is 2. The Morgan fingerprint density at radius 3 is 2.55 bits per heavy atom. The summed E-state index contributed by atoms with van der Waals surface area (Å²) in [5.41, 5.74) is 6.99. The van der Waals surface area contributed by atoms with Gasteiger partial charge in [-0.2, -0.15) is 11.3 Å². The summed E-state index contributed by atoms with van der Waals surface area (Å²) in [6.45, 7) is 1.12. The average molecular weight is 450 g/mol. The van der Waals surface area contributed by atoms with Crippen molar-refractivity contribution in [3.8, 4) is 5.75 Å². The number of rotatable bonds is 6. The van der Waals surface area contributed by atoms with Gasteiger partial charge in [-0.1, -0.05) is 41.4 Å². The number of hydrogen-bond acceptors (Lipinski definition) is 3. The van der Waals surface area contributed by atoms with Gasteiger partial charge in [0.25, 0.3) is 0 Å².